The SMILES string of the molecule is CC(CSCc1ccc(OCc2cccc(C34CC5CC(CC(C5)C3)C4)c2)cc1F)C(=O)O. The number of hydrogen-bond acceptors (Lipinski definition) is 3. The minimum absolute atomic E-state index is 0.301. The lowest BCUT2D eigenvalue weighted by Crippen LogP contribution is -2.48. The zero-order valence-corrected chi connectivity index (χ0v) is 20.1. The molecule has 0 saturated heterocycles. The van der Waals surface area contributed by atoms with Gasteiger partial charge in [0.15, 0.2) is 0 Å². The molecule has 1 unspecified atom stereocenters. The molecule has 5 heteroatoms. The number of halogens is 1. The number of carboxylic acid groups (broad SMARTS) is 1. The smallest absolute Gasteiger partial charge is 0.307 e. The number of carbonyl (C=O) groups is 1. The summed E-state index contributed by atoms with van der Waals surface area (Å²) in [4.78, 5) is 10.9. The first-order valence-corrected chi connectivity index (χ1v) is 13.4. The molecule has 33 heavy (non-hydrogen) atoms. The summed E-state index contributed by atoms with van der Waals surface area (Å²) < 4.78 is 20.5. The van der Waals surface area contributed by atoms with Gasteiger partial charge in [-0.2, -0.15) is 11.8 Å². The Bertz CT molecular complexity index is 985. The molecule has 0 amide bonds. The van der Waals surface area contributed by atoms with Gasteiger partial charge >= 0.3 is 5.97 Å². The molecule has 4 saturated carbocycles. The predicted octanol–water partition coefficient (Wildman–Crippen LogP) is 6.83. The van der Waals surface area contributed by atoms with E-state index in [-0.39, 0.29) is 5.82 Å². The fraction of sp³-hybridized carbons (Fsp3) is 0.536. The van der Waals surface area contributed by atoms with Crippen LogP contribution in [0.2, 0.25) is 0 Å². The number of carboxylic acids is 1. The van der Waals surface area contributed by atoms with Crippen molar-refractivity contribution in [1.82, 2.24) is 0 Å². The monoisotopic (exact) mass is 468 g/mol. The molecule has 4 aliphatic carbocycles. The minimum Gasteiger partial charge on any atom is -0.489 e. The average molecular weight is 469 g/mol. The molecule has 6 rings (SSSR count). The van der Waals surface area contributed by atoms with Crippen molar-refractivity contribution in [3.8, 4) is 5.75 Å². The van der Waals surface area contributed by atoms with Crippen molar-refractivity contribution in [2.24, 2.45) is 23.7 Å². The van der Waals surface area contributed by atoms with Crippen LogP contribution in [-0.4, -0.2) is 16.8 Å². The van der Waals surface area contributed by atoms with Crippen LogP contribution in [0.4, 0.5) is 4.39 Å². The highest BCUT2D eigenvalue weighted by Gasteiger charge is 2.51. The van der Waals surface area contributed by atoms with Crippen LogP contribution in [0.15, 0.2) is 42.5 Å². The van der Waals surface area contributed by atoms with E-state index < -0.39 is 11.9 Å². The van der Waals surface area contributed by atoms with Crippen molar-refractivity contribution in [2.75, 3.05) is 5.75 Å². The van der Waals surface area contributed by atoms with E-state index in [2.05, 4.69) is 24.3 Å². The maximum atomic E-state index is 14.5. The Balaban J connectivity index is 1.20. The third-order valence-electron chi connectivity index (χ3n) is 8.05. The first-order valence-electron chi connectivity index (χ1n) is 12.2. The third kappa shape index (κ3) is 4.94. The second-order valence-electron chi connectivity index (χ2n) is 10.7. The van der Waals surface area contributed by atoms with E-state index in [4.69, 9.17) is 9.84 Å². The normalized spacial score (nSPS) is 28.6. The number of benzene rings is 2. The topological polar surface area (TPSA) is 46.5 Å². The molecule has 0 aromatic heterocycles. The van der Waals surface area contributed by atoms with Gasteiger partial charge < -0.3 is 9.84 Å². The van der Waals surface area contributed by atoms with Gasteiger partial charge in [-0.3, -0.25) is 4.79 Å². The van der Waals surface area contributed by atoms with Gasteiger partial charge in [0, 0.05) is 17.6 Å². The highest BCUT2D eigenvalue weighted by molar-refractivity contribution is 7.98. The highest BCUT2D eigenvalue weighted by atomic mass is 32.2. The van der Waals surface area contributed by atoms with Gasteiger partial charge in [0.1, 0.15) is 18.2 Å². The first-order chi connectivity index (χ1) is 15.9. The van der Waals surface area contributed by atoms with Crippen LogP contribution in [0, 0.1) is 29.5 Å². The van der Waals surface area contributed by atoms with Gasteiger partial charge in [-0.25, -0.2) is 4.39 Å². The van der Waals surface area contributed by atoms with Crippen molar-refractivity contribution in [2.45, 2.75) is 63.2 Å². The zero-order chi connectivity index (χ0) is 23.0. The van der Waals surface area contributed by atoms with Crippen LogP contribution < -0.4 is 4.74 Å². The second kappa shape index (κ2) is 9.32. The molecular weight excluding hydrogens is 435 g/mol. The van der Waals surface area contributed by atoms with Crippen molar-refractivity contribution < 1.29 is 19.0 Å². The quantitative estimate of drug-likeness (QED) is 0.438. The Morgan fingerprint density at radius 2 is 1.82 bits per heavy atom. The maximum absolute atomic E-state index is 14.5. The molecule has 2 aromatic rings. The van der Waals surface area contributed by atoms with Gasteiger partial charge in [-0.05, 0) is 84.5 Å². The summed E-state index contributed by atoms with van der Waals surface area (Å²) in [7, 11) is 0. The number of thioether (sulfide) groups is 1. The molecule has 1 N–H and O–H groups in total. The lowest BCUT2D eigenvalue weighted by molar-refractivity contribution is -0.140. The largest absolute Gasteiger partial charge is 0.489 e. The predicted molar refractivity (Wildman–Crippen MR) is 130 cm³/mol. The Morgan fingerprint density at radius 3 is 2.45 bits per heavy atom. The van der Waals surface area contributed by atoms with Crippen LogP contribution in [-0.2, 0) is 22.6 Å². The van der Waals surface area contributed by atoms with Crippen molar-refractivity contribution in [3.63, 3.8) is 0 Å². The molecule has 4 bridgehead atoms. The molecule has 2 aromatic carbocycles. The Kier molecular flexibility index (Phi) is 6.43. The summed E-state index contributed by atoms with van der Waals surface area (Å²) in [5, 5.41) is 8.97. The fourth-order valence-electron chi connectivity index (χ4n) is 6.77. The molecule has 176 valence electrons. The van der Waals surface area contributed by atoms with E-state index in [0.29, 0.717) is 34.8 Å². The number of rotatable bonds is 9. The molecule has 0 aliphatic heterocycles. The maximum Gasteiger partial charge on any atom is 0.307 e. The number of ether oxygens (including phenoxy) is 1. The Labute approximate surface area is 200 Å². The van der Waals surface area contributed by atoms with Gasteiger partial charge in [-0.15, -0.1) is 0 Å². The lowest BCUT2D eigenvalue weighted by atomic mass is 9.48. The summed E-state index contributed by atoms with van der Waals surface area (Å²) in [6, 6.07) is 13.9. The van der Waals surface area contributed by atoms with E-state index in [1.807, 2.05) is 6.07 Å². The minimum atomic E-state index is -0.820. The van der Waals surface area contributed by atoms with E-state index in [0.717, 1.165) is 23.3 Å². The standard InChI is InChI=1S/C28H33FO3S/c1-18(27(30)31)16-33-17-23-5-6-25(11-26(23)29)32-15-19-3-2-4-24(10-19)28-12-20-7-21(13-28)9-22(8-20)14-28/h2-6,10-11,18,20-22H,7-9,12-17H2,1H3,(H,30,31). The van der Waals surface area contributed by atoms with E-state index in [1.54, 1.807) is 13.0 Å². The van der Waals surface area contributed by atoms with Crippen LogP contribution >= 0.6 is 11.8 Å². The van der Waals surface area contributed by atoms with Gasteiger partial charge in [-0.1, -0.05) is 37.3 Å². The summed E-state index contributed by atoms with van der Waals surface area (Å²) in [5.74, 6) is 2.65. The summed E-state index contributed by atoms with van der Waals surface area (Å²) >= 11 is 1.44. The first kappa shape index (κ1) is 22.8. The average Bonchev–Trinajstić information content (AvgIpc) is 2.78. The second-order valence-corrected chi connectivity index (χ2v) is 11.7. The van der Waals surface area contributed by atoms with Crippen molar-refractivity contribution in [3.05, 3.63) is 65.0 Å². The molecule has 3 nitrogen and oxygen atoms in total. The van der Waals surface area contributed by atoms with Crippen molar-refractivity contribution in [1.29, 1.82) is 0 Å². The zero-order valence-electron chi connectivity index (χ0n) is 19.3. The molecule has 1 atom stereocenters. The van der Waals surface area contributed by atoms with Gasteiger partial charge in [0.05, 0.1) is 5.92 Å². The number of hydrogen-bond donors (Lipinski definition) is 1. The molecule has 4 fully saturated rings. The highest BCUT2D eigenvalue weighted by Crippen LogP contribution is 2.60. The number of aliphatic carboxylic acids is 1. The van der Waals surface area contributed by atoms with E-state index in [1.165, 1.54) is 61.9 Å². The lowest BCUT2D eigenvalue weighted by Gasteiger charge is -2.57. The van der Waals surface area contributed by atoms with E-state index >= 15 is 0 Å². The van der Waals surface area contributed by atoms with Crippen LogP contribution in [0.5, 0.6) is 5.75 Å². The molecular formula is C28H33FO3S. The van der Waals surface area contributed by atoms with Crippen LogP contribution in [0.25, 0.3) is 0 Å². The van der Waals surface area contributed by atoms with Crippen LogP contribution in [0.3, 0.4) is 0 Å². The van der Waals surface area contributed by atoms with Crippen LogP contribution in [0.1, 0.15) is 62.1 Å². The molecule has 4 aliphatic rings. The molecule has 0 radical (unpaired) electrons. The van der Waals surface area contributed by atoms with E-state index in [9.17, 15) is 9.18 Å². The fourth-order valence-corrected chi connectivity index (χ4v) is 7.84. The summed E-state index contributed by atoms with van der Waals surface area (Å²) in [6.07, 6.45) is 8.37. The van der Waals surface area contributed by atoms with Gasteiger partial charge in [0.25, 0.3) is 0 Å². The molecule has 0 heterocycles. The summed E-state index contributed by atoms with van der Waals surface area (Å²) in [5.41, 5.74) is 3.57. The summed E-state index contributed by atoms with van der Waals surface area (Å²) in [6.45, 7) is 2.10. The molecule has 0 spiro atoms. The third-order valence-corrected chi connectivity index (χ3v) is 9.31. The van der Waals surface area contributed by atoms with Crippen molar-refractivity contribution >= 4 is 17.7 Å². The Hall–Kier alpha value is -2.01. The van der Waals surface area contributed by atoms with Gasteiger partial charge in [0.2, 0.25) is 0 Å². The Morgan fingerprint density at radius 1 is 1.12 bits per heavy atom.